The van der Waals surface area contributed by atoms with E-state index in [1.807, 2.05) is 78.6 Å². The maximum atomic E-state index is 12.9. The molecule has 0 radical (unpaired) electrons. The van der Waals surface area contributed by atoms with Crippen LogP contribution in [0.15, 0.2) is 72.8 Å². The van der Waals surface area contributed by atoms with Crippen LogP contribution in [0.25, 0.3) is 0 Å². The Kier molecular flexibility index (Phi) is 8.22. The lowest BCUT2D eigenvalue weighted by Crippen LogP contribution is -2.49. The van der Waals surface area contributed by atoms with Gasteiger partial charge in [-0.25, -0.2) is 0 Å². The highest BCUT2D eigenvalue weighted by Gasteiger charge is 2.25. The molecule has 0 N–H and O–H groups in total. The Morgan fingerprint density at radius 2 is 1.71 bits per heavy atom. The van der Waals surface area contributed by atoms with E-state index in [9.17, 15) is 4.79 Å². The van der Waals surface area contributed by atoms with Crippen molar-refractivity contribution in [3.8, 4) is 5.75 Å². The van der Waals surface area contributed by atoms with Gasteiger partial charge in [0, 0.05) is 43.3 Å². The molecule has 0 saturated carbocycles. The predicted octanol–water partition coefficient (Wildman–Crippen LogP) is 5.37. The monoisotopic (exact) mass is 478 g/mol. The lowest BCUT2D eigenvalue weighted by molar-refractivity contribution is 0.00333. The van der Waals surface area contributed by atoms with Gasteiger partial charge in [-0.3, -0.25) is 9.69 Å². The number of hydrogen-bond donors (Lipinski definition) is 0. The van der Waals surface area contributed by atoms with Crippen molar-refractivity contribution in [2.45, 2.75) is 19.6 Å². The summed E-state index contributed by atoms with van der Waals surface area (Å²) >= 11 is 6.15. The zero-order chi connectivity index (χ0) is 23.9. The molecular weight excluding hydrogens is 448 g/mol. The first-order valence-corrected chi connectivity index (χ1v) is 12.0. The molecule has 1 aliphatic heterocycles. The molecule has 178 valence electrons. The highest BCUT2D eigenvalue weighted by atomic mass is 35.5. The van der Waals surface area contributed by atoms with Crippen molar-refractivity contribution in [2.75, 3.05) is 39.8 Å². The smallest absolute Gasteiger partial charge is 0.253 e. The van der Waals surface area contributed by atoms with Crippen LogP contribution in [-0.4, -0.2) is 55.5 Å². The summed E-state index contributed by atoms with van der Waals surface area (Å²) in [6, 6.07) is 23.6. The molecule has 5 nitrogen and oxygen atoms in total. The maximum Gasteiger partial charge on any atom is 0.253 e. The van der Waals surface area contributed by atoms with Crippen molar-refractivity contribution >= 4 is 17.5 Å². The average Bonchev–Trinajstić information content (AvgIpc) is 2.87. The number of halogens is 1. The summed E-state index contributed by atoms with van der Waals surface area (Å²) in [5, 5.41) is 0.702. The molecular formula is C28H31ClN2O3. The average molecular weight is 479 g/mol. The summed E-state index contributed by atoms with van der Waals surface area (Å²) in [6.45, 7) is 6.24. The lowest BCUT2D eigenvalue weighted by Gasteiger charge is -2.36. The number of benzene rings is 3. The maximum absolute atomic E-state index is 12.9. The minimum Gasteiger partial charge on any atom is -0.497 e. The van der Waals surface area contributed by atoms with Gasteiger partial charge in [-0.1, -0.05) is 53.6 Å². The Hall–Kier alpha value is -2.86. The van der Waals surface area contributed by atoms with E-state index in [4.69, 9.17) is 21.1 Å². The second-order valence-electron chi connectivity index (χ2n) is 8.67. The fraction of sp³-hybridized carbons (Fsp3) is 0.321. The number of hydrogen-bond acceptors (Lipinski definition) is 4. The fourth-order valence-corrected chi connectivity index (χ4v) is 4.38. The van der Waals surface area contributed by atoms with E-state index >= 15 is 0 Å². The largest absolute Gasteiger partial charge is 0.497 e. The summed E-state index contributed by atoms with van der Waals surface area (Å²) < 4.78 is 11.8. The van der Waals surface area contributed by atoms with Crippen LogP contribution < -0.4 is 4.74 Å². The van der Waals surface area contributed by atoms with Gasteiger partial charge in [0.25, 0.3) is 5.91 Å². The van der Waals surface area contributed by atoms with Crippen LogP contribution in [0, 0.1) is 6.92 Å². The van der Waals surface area contributed by atoms with Gasteiger partial charge in [0.05, 0.1) is 19.8 Å². The molecule has 1 aliphatic rings. The highest BCUT2D eigenvalue weighted by molar-refractivity contribution is 6.30. The number of carbonyl (C=O) groups is 1. The minimum atomic E-state index is -0.131. The first-order chi connectivity index (χ1) is 16.5. The van der Waals surface area contributed by atoms with E-state index in [1.54, 1.807) is 7.11 Å². The molecule has 1 amide bonds. The molecule has 3 aromatic carbocycles. The molecule has 0 spiro atoms. The molecule has 0 aromatic heterocycles. The van der Waals surface area contributed by atoms with Crippen molar-refractivity contribution in [3.63, 3.8) is 0 Å². The van der Waals surface area contributed by atoms with Gasteiger partial charge in [0.15, 0.2) is 0 Å². The van der Waals surface area contributed by atoms with Crippen LogP contribution in [0.4, 0.5) is 0 Å². The summed E-state index contributed by atoms with van der Waals surface area (Å²) in [7, 11) is 1.67. The van der Waals surface area contributed by atoms with Crippen LogP contribution in [0.2, 0.25) is 5.02 Å². The topological polar surface area (TPSA) is 42.0 Å². The van der Waals surface area contributed by atoms with Gasteiger partial charge in [-0.2, -0.15) is 0 Å². The van der Waals surface area contributed by atoms with E-state index in [0.29, 0.717) is 24.7 Å². The standard InChI is InChI=1S/C28H31ClN2O3/c1-21-9-11-23(12-10-21)28(32)31-15-13-30(14-16-31)19-27(24-6-4-8-26(18-24)33-2)34-20-22-5-3-7-25(29)17-22/h3-12,17-18,27H,13-16,19-20H2,1-2H3/t27-/m1/s1. The Morgan fingerprint density at radius 1 is 0.971 bits per heavy atom. The molecule has 1 fully saturated rings. The first kappa shape index (κ1) is 24.3. The number of amides is 1. The van der Waals surface area contributed by atoms with Crippen molar-refractivity contribution in [3.05, 3.63) is 100 Å². The molecule has 0 unspecified atom stereocenters. The molecule has 1 atom stereocenters. The zero-order valence-corrected chi connectivity index (χ0v) is 20.5. The van der Waals surface area contributed by atoms with Gasteiger partial charge in [0.1, 0.15) is 5.75 Å². The molecule has 0 aliphatic carbocycles. The molecule has 6 heteroatoms. The van der Waals surface area contributed by atoms with Crippen LogP contribution in [-0.2, 0) is 11.3 Å². The summed E-state index contributed by atoms with van der Waals surface area (Å²) in [5.74, 6) is 0.906. The number of piperazine rings is 1. The second kappa shape index (κ2) is 11.5. The molecule has 4 rings (SSSR count). The summed E-state index contributed by atoms with van der Waals surface area (Å²) in [5.41, 5.74) is 4.01. The Bertz CT molecular complexity index is 1090. The fourth-order valence-electron chi connectivity index (χ4n) is 4.17. The lowest BCUT2D eigenvalue weighted by atomic mass is 10.1. The van der Waals surface area contributed by atoms with Crippen molar-refractivity contribution in [2.24, 2.45) is 0 Å². The van der Waals surface area contributed by atoms with E-state index < -0.39 is 0 Å². The van der Waals surface area contributed by atoms with Gasteiger partial charge < -0.3 is 14.4 Å². The Labute approximate surface area is 206 Å². The van der Waals surface area contributed by atoms with E-state index in [1.165, 1.54) is 0 Å². The third-order valence-electron chi connectivity index (χ3n) is 6.19. The van der Waals surface area contributed by atoms with E-state index in [2.05, 4.69) is 11.0 Å². The molecule has 0 bridgehead atoms. The second-order valence-corrected chi connectivity index (χ2v) is 9.10. The number of methoxy groups -OCH3 is 1. The predicted molar refractivity (Wildman–Crippen MR) is 135 cm³/mol. The van der Waals surface area contributed by atoms with Crippen LogP contribution in [0.3, 0.4) is 0 Å². The van der Waals surface area contributed by atoms with Gasteiger partial charge in [0.2, 0.25) is 0 Å². The summed E-state index contributed by atoms with van der Waals surface area (Å²) in [4.78, 5) is 17.2. The van der Waals surface area contributed by atoms with Gasteiger partial charge >= 0.3 is 0 Å². The Balaban J connectivity index is 1.40. The SMILES string of the molecule is COc1cccc([C@@H](CN2CCN(C(=O)c3ccc(C)cc3)CC2)OCc2cccc(Cl)c2)c1. The number of carbonyl (C=O) groups excluding carboxylic acids is 1. The zero-order valence-electron chi connectivity index (χ0n) is 19.7. The minimum absolute atomic E-state index is 0.0983. The number of rotatable bonds is 8. The first-order valence-electron chi connectivity index (χ1n) is 11.6. The summed E-state index contributed by atoms with van der Waals surface area (Å²) in [6.07, 6.45) is -0.131. The highest BCUT2D eigenvalue weighted by Crippen LogP contribution is 2.25. The van der Waals surface area contributed by atoms with E-state index in [0.717, 1.165) is 47.6 Å². The molecule has 3 aromatic rings. The molecule has 1 heterocycles. The van der Waals surface area contributed by atoms with E-state index in [-0.39, 0.29) is 12.0 Å². The third kappa shape index (κ3) is 6.38. The third-order valence-corrected chi connectivity index (χ3v) is 6.42. The van der Waals surface area contributed by atoms with Crippen LogP contribution in [0.1, 0.15) is 33.2 Å². The van der Waals surface area contributed by atoms with Crippen LogP contribution >= 0.6 is 11.6 Å². The molecule has 1 saturated heterocycles. The van der Waals surface area contributed by atoms with Gasteiger partial charge in [-0.05, 0) is 54.4 Å². The Morgan fingerprint density at radius 3 is 2.41 bits per heavy atom. The molecule has 34 heavy (non-hydrogen) atoms. The van der Waals surface area contributed by atoms with Gasteiger partial charge in [-0.15, -0.1) is 0 Å². The van der Waals surface area contributed by atoms with Crippen molar-refractivity contribution in [1.82, 2.24) is 9.80 Å². The number of aryl methyl sites for hydroxylation is 1. The number of ether oxygens (including phenoxy) is 2. The quantitative estimate of drug-likeness (QED) is 0.436. The van der Waals surface area contributed by atoms with Crippen molar-refractivity contribution in [1.29, 1.82) is 0 Å². The normalized spacial score (nSPS) is 15.2. The van der Waals surface area contributed by atoms with Crippen LogP contribution in [0.5, 0.6) is 5.75 Å². The number of nitrogens with zero attached hydrogens (tertiary/aromatic N) is 2. The van der Waals surface area contributed by atoms with Crippen molar-refractivity contribution < 1.29 is 14.3 Å².